The van der Waals surface area contributed by atoms with Gasteiger partial charge in [0, 0.05) is 13.1 Å². The fourth-order valence-electron chi connectivity index (χ4n) is 2.92. The molecule has 20 heavy (non-hydrogen) atoms. The van der Waals surface area contributed by atoms with Crippen LogP contribution in [0.15, 0.2) is 0 Å². The van der Waals surface area contributed by atoms with Gasteiger partial charge >= 0.3 is 0 Å². The number of nitrogen functional groups attached to an aromatic ring is 1. The van der Waals surface area contributed by atoms with Gasteiger partial charge in [-0.05, 0) is 24.7 Å². The molecule has 8 nitrogen and oxygen atoms in total. The molecule has 0 spiro atoms. The molecule has 9 heteroatoms. The number of aromatic nitrogens is 2. The molecular weight excluding hydrogens is 284 g/mol. The normalized spacial score (nSPS) is 32.2. The molecule has 0 unspecified atom stereocenters. The number of carboxylic acid groups (broad SMARTS) is 1. The number of aliphatic hydroxyl groups excluding tert-OH is 2. The Kier molecular flexibility index (Phi) is 4.73. The third kappa shape index (κ3) is 3.17. The molecular formula is C11H18N4O4S. The molecule has 0 aromatic carbocycles. The molecule has 0 bridgehead atoms. The molecule has 0 amide bonds. The first-order valence-electron chi connectivity index (χ1n) is 6.33. The molecule has 5 N–H and O–H groups in total. The first-order valence-corrected chi connectivity index (χ1v) is 7.14. The van der Waals surface area contributed by atoms with Gasteiger partial charge in [-0.15, -0.1) is 10.2 Å². The highest BCUT2D eigenvalue weighted by atomic mass is 32.1. The van der Waals surface area contributed by atoms with Crippen molar-refractivity contribution in [2.45, 2.75) is 25.0 Å². The van der Waals surface area contributed by atoms with E-state index in [4.69, 9.17) is 15.6 Å². The van der Waals surface area contributed by atoms with E-state index in [2.05, 4.69) is 15.1 Å². The summed E-state index contributed by atoms with van der Waals surface area (Å²) in [5.41, 5.74) is 5.58. The lowest BCUT2D eigenvalue weighted by Crippen LogP contribution is -2.38. The molecule has 1 aliphatic heterocycles. The second-order valence-electron chi connectivity index (χ2n) is 5.06. The van der Waals surface area contributed by atoms with Crippen molar-refractivity contribution in [1.82, 2.24) is 10.2 Å². The van der Waals surface area contributed by atoms with Gasteiger partial charge in [0.2, 0.25) is 10.3 Å². The van der Waals surface area contributed by atoms with Crippen LogP contribution < -0.4 is 10.6 Å². The van der Waals surface area contributed by atoms with E-state index in [1.165, 1.54) is 11.3 Å². The lowest BCUT2D eigenvalue weighted by molar-refractivity contribution is -0.122. The topological polar surface area (TPSA) is 133 Å². The number of nitrogens with zero attached hydrogens (tertiary/aromatic N) is 3. The fourth-order valence-corrected chi connectivity index (χ4v) is 3.55. The Bertz CT molecular complexity index is 439. The van der Waals surface area contributed by atoms with E-state index in [9.17, 15) is 10.2 Å². The lowest BCUT2D eigenvalue weighted by atomic mass is 9.79. The number of anilines is 2. The first kappa shape index (κ1) is 14.9. The van der Waals surface area contributed by atoms with E-state index in [1.807, 2.05) is 0 Å². The monoisotopic (exact) mass is 302 g/mol. The third-order valence-corrected chi connectivity index (χ3v) is 4.62. The number of hydrogen-bond acceptors (Lipinski definition) is 8. The summed E-state index contributed by atoms with van der Waals surface area (Å²) < 4.78 is 0. The van der Waals surface area contributed by atoms with Crippen LogP contribution >= 0.6 is 11.3 Å². The maximum Gasteiger partial charge on any atom is 0.290 e. The van der Waals surface area contributed by atoms with Crippen LogP contribution in [0.2, 0.25) is 0 Å². The van der Waals surface area contributed by atoms with Gasteiger partial charge in [-0.25, -0.2) is 0 Å². The van der Waals surface area contributed by atoms with Gasteiger partial charge in [-0.2, -0.15) is 0 Å². The summed E-state index contributed by atoms with van der Waals surface area (Å²) in [6.45, 7) is 1.51. The Morgan fingerprint density at radius 2 is 1.70 bits per heavy atom. The maximum atomic E-state index is 9.67. The summed E-state index contributed by atoms with van der Waals surface area (Å²) in [5.74, 6) is 0.886. The summed E-state index contributed by atoms with van der Waals surface area (Å²) in [7, 11) is 0. The predicted molar refractivity (Wildman–Crippen MR) is 73.5 cm³/mol. The average Bonchev–Trinajstić information content (AvgIpc) is 2.97. The minimum atomic E-state index is -0.573. The van der Waals surface area contributed by atoms with E-state index < -0.39 is 12.2 Å². The van der Waals surface area contributed by atoms with Crippen LogP contribution in [0.4, 0.5) is 10.3 Å². The fraction of sp³-hybridized carbons (Fsp3) is 0.727. The van der Waals surface area contributed by atoms with Crippen LogP contribution in [0.1, 0.15) is 12.8 Å². The Balaban J connectivity index is 0.000000452. The molecule has 2 aliphatic rings. The van der Waals surface area contributed by atoms with E-state index in [0.29, 0.717) is 29.8 Å². The standard InChI is InChI=1S/C10H16N4O2S.CH2O2/c11-9-12-13-10(17-9)14-3-5-1-7(15)8(16)2-6(5)4-14;2-1-3/h5-8,15-16H,1-4H2,(H2,11,12);1H,(H,2,3)/t5-,6+,7+,8-;. The molecule has 1 aliphatic carbocycles. The SMILES string of the molecule is Nc1nnc(N2C[C@H]3C[C@H](O)[C@H](O)C[C@H]3C2)s1.O=CO. The van der Waals surface area contributed by atoms with E-state index in [0.717, 1.165) is 18.2 Å². The summed E-state index contributed by atoms with van der Waals surface area (Å²) >= 11 is 1.39. The van der Waals surface area contributed by atoms with Crippen LogP contribution in [0, 0.1) is 11.8 Å². The van der Waals surface area contributed by atoms with Crippen molar-refractivity contribution in [2.24, 2.45) is 11.8 Å². The van der Waals surface area contributed by atoms with Crippen molar-refractivity contribution in [3.05, 3.63) is 0 Å². The summed E-state index contributed by atoms with van der Waals surface area (Å²) in [5, 5.41) is 35.4. The molecule has 0 radical (unpaired) electrons. The smallest absolute Gasteiger partial charge is 0.290 e. The van der Waals surface area contributed by atoms with Crippen LogP contribution in [0.5, 0.6) is 0 Å². The highest BCUT2D eigenvalue weighted by Gasteiger charge is 2.41. The van der Waals surface area contributed by atoms with Gasteiger partial charge in [0.1, 0.15) is 0 Å². The van der Waals surface area contributed by atoms with Gasteiger partial charge in [-0.1, -0.05) is 11.3 Å². The van der Waals surface area contributed by atoms with Crippen LogP contribution in [0.3, 0.4) is 0 Å². The second-order valence-corrected chi connectivity index (χ2v) is 6.05. The molecule has 112 valence electrons. The zero-order chi connectivity index (χ0) is 14.7. The molecule has 2 heterocycles. The number of fused-ring (bicyclic) bond motifs is 1. The average molecular weight is 302 g/mol. The zero-order valence-corrected chi connectivity index (χ0v) is 11.6. The summed E-state index contributed by atoms with van der Waals surface area (Å²) in [4.78, 5) is 10.5. The van der Waals surface area contributed by atoms with Crippen molar-refractivity contribution >= 4 is 28.1 Å². The lowest BCUT2D eigenvalue weighted by Gasteiger charge is -2.31. The number of nitrogens with two attached hydrogens (primary N) is 1. The third-order valence-electron chi connectivity index (χ3n) is 3.81. The molecule has 2 fully saturated rings. The van der Waals surface area contributed by atoms with Gasteiger partial charge < -0.3 is 26.0 Å². The number of rotatable bonds is 1. The number of hydrogen-bond donors (Lipinski definition) is 4. The van der Waals surface area contributed by atoms with Gasteiger partial charge in [0.25, 0.3) is 6.47 Å². The molecule has 1 saturated heterocycles. The molecule has 4 atom stereocenters. The summed E-state index contributed by atoms with van der Waals surface area (Å²) in [6.07, 6.45) is 0.208. The van der Waals surface area contributed by atoms with Crippen LogP contribution in [-0.2, 0) is 4.79 Å². The Morgan fingerprint density at radius 1 is 1.20 bits per heavy atom. The Morgan fingerprint density at radius 3 is 2.10 bits per heavy atom. The van der Waals surface area contributed by atoms with Crippen LogP contribution in [-0.4, -0.2) is 57.3 Å². The number of carbonyl (C=O) groups is 1. The quantitative estimate of drug-likeness (QED) is 0.505. The van der Waals surface area contributed by atoms with Crippen molar-refractivity contribution < 1.29 is 20.1 Å². The Hall–Kier alpha value is -1.45. The van der Waals surface area contributed by atoms with E-state index in [-0.39, 0.29) is 6.47 Å². The van der Waals surface area contributed by atoms with Crippen molar-refractivity contribution in [1.29, 1.82) is 0 Å². The van der Waals surface area contributed by atoms with Gasteiger partial charge in [-0.3, -0.25) is 4.79 Å². The van der Waals surface area contributed by atoms with Crippen molar-refractivity contribution in [3.63, 3.8) is 0 Å². The summed E-state index contributed by atoms with van der Waals surface area (Å²) in [6, 6.07) is 0. The van der Waals surface area contributed by atoms with Crippen LogP contribution in [0.25, 0.3) is 0 Å². The van der Waals surface area contributed by atoms with E-state index >= 15 is 0 Å². The minimum absolute atomic E-state index is 0.250. The van der Waals surface area contributed by atoms with Gasteiger partial charge in [0.05, 0.1) is 12.2 Å². The highest BCUT2D eigenvalue weighted by Crippen LogP contribution is 2.39. The van der Waals surface area contributed by atoms with Crippen molar-refractivity contribution in [3.8, 4) is 0 Å². The minimum Gasteiger partial charge on any atom is -0.483 e. The second kappa shape index (κ2) is 6.33. The van der Waals surface area contributed by atoms with Gasteiger partial charge in [0.15, 0.2) is 0 Å². The van der Waals surface area contributed by atoms with Crippen molar-refractivity contribution in [2.75, 3.05) is 23.7 Å². The molecule has 3 rings (SSSR count). The van der Waals surface area contributed by atoms with E-state index in [1.54, 1.807) is 0 Å². The number of aliphatic hydroxyl groups is 2. The Labute approximate surface area is 119 Å². The zero-order valence-electron chi connectivity index (χ0n) is 10.8. The highest BCUT2D eigenvalue weighted by molar-refractivity contribution is 7.18. The first-order chi connectivity index (χ1) is 9.55. The molecule has 1 aromatic rings. The predicted octanol–water partition coefficient (Wildman–Crippen LogP) is -0.611. The maximum absolute atomic E-state index is 9.67. The molecule has 1 aromatic heterocycles. The largest absolute Gasteiger partial charge is 0.483 e. The molecule has 1 saturated carbocycles.